The van der Waals surface area contributed by atoms with Crippen molar-refractivity contribution in [3.63, 3.8) is 0 Å². The lowest BCUT2D eigenvalue weighted by atomic mass is 9.79. The molecule has 0 aliphatic heterocycles. The van der Waals surface area contributed by atoms with Crippen molar-refractivity contribution in [2.24, 2.45) is 0 Å². The lowest BCUT2D eigenvalue weighted by Crippen LogP contribution is -2.17. The molecule has 0 saturated heterocycles. The van der Waals surface area contributed by atoms with Gasteiger partial charge < -0.3 is 11.1 Å². The van der Waals surface area contributed by atoms with E-state index in [-0.39, 0.29) is 10.8 Å². The number of anilines is 2. The Morgan fingerprint density at radius 3 is 1.68 bits per heavy atom. The summed E-state index contributed by atoms with van der Waals surface area (Å²) in [5.41, 5.74) is 15.0. The standard InChI is InChI=1S/C35H38N2/c1-34(2,3)26-19-23(20-27(21-26)35(4,5)6)22-37-31-18-16-25-12-8-10-14-29(25)33(31)32-28-13-9-7-11-24(28)15-17-30(32)36/h7-21,37H,22,36H2,1-6H3. The van der Waals surface area contributed by atoms with Crippen molar-refractivity contribution in [3.05, 3.63) is 108 Å². The van der Waals surface area contributed by atoms with Crippen LogP contribution in [0.25, 0.3) is 32.7 Å². The van der Waals surface area contributed by atoms with E-state index >= 15 is 0 Å². The fraction of sp³-hybridized carbons (Fsp3) is 0.257. The highest BCUT2D eigenvalue weighted by atomic mass is 14.9. The molecule has 0 atom stereocenters. The summed E-state index contributed by atoms with van der Waals surface area (Å²) in [6.07, 6.45) is 0. The summed E-state index contributed by atoms with van der Waals surface area (Å²) in [6, 6.07) is 32.7. The van der Waals surface area contributed by atoms with Crippen molar-refractivity contribution < 1.29 is 0 Å². The van der Waals surface area contributed by atoms with E-state index in [1.807, 2.05) is 6.07 Å². The monoisotopic (exact) mass is 486 g/mol. The summed E-state index contributed by atoms with van der Waals surface area (Å²) in [7, 11) is 0. The number of hydrogen-bond donors (Lipinski definition) is 2. The van der Waals surface area contributed by atoms with Crippen LogP contribution in [0.15, 0.2) is 91.0 Å². The second kappa shape index (κ2) is 9.27. The summed E-state index contributed by atoms with van der Waals surface area (Å²) in [5, 5.41) is 8.59. The molecule has 0 fully saturated rings. The highest BCUT2D eigenvalue weighted by Crippen LogP contribution is 2.42. The first kappa shape index (κ1) is 24.9. The van der Waals surface area contributed by atoms with Crippen LogP contribution in [0.4, 0.5) is 11.4 Å². The first-order chi connectivity index (χ1) is 17.5. The van der Waals surface area contributed by atoms with Crippen LogP contribution in [-0.2, 0) is 17.4 Å². The smallest absolute Gasteiger partial charge is 0.0430 e. The quantitative estimate of drug-likeness (QED) is 0.248. The third kappa shape index (κ3) is 4.93. The largest absolute Gasteiger partial charge is 0.398 e. The number of hydrogen-bond acceptors (Lipinski definition) is 2. The van der Waals surface area contributed by atoms with Crippen molar-refractivity contribution in [2.45, 2.75) is 58.9 Å². The van der Waals surface area contributed by atoms with Gasteiger partial charge in [-0.3, -0.25) is 0 Å². The molecule has 37 heavy (non-hydrogen) atoms. The van der Waals surface area contributed by atoms with Gasteiger partial charge in [-0.25, -0.2) is 0 Å². The number of rotatable bonds is 4. The van der Waals surface area contributed by atoms with E-state index in [1.165, 1.54) is 38.2 Å². The minimum atomic E-state index is 0.0848. The van der Waals surface area contributed by atoms with E-state index in [9.17, 15) is 0 Å². The van der Waals surface area contributed by atoms with Crippen LogP contribution >= 0.6 is 0 Å². The molecular formula is C35H38N2. The SMILES string of the molecule is CC(C)(C)c1cc(CNc2ccc3ccccc3c2-c2c(N)ccc3ccccc23)cc(C(C)(C)C)c1. The summed E-state index contributed by atoms with van der Waals surface area (Å²) in [5.74, 6) is 0. The molecule has 5 rings (SSSR count). The Kier molecular flexibility index (Phi) is 6.23. The first-order valence-electron chi connectivity index (χ1n) is 13.2. The van der Waals surface area contributed by atoms with Gasteiger partial charge >= 0.3 is 0 Å². The average Bonchev–Trinajstić information content (AvgIpc) is 2.86. The van der Waals surface area contributed by atoms with Gasteiger partial charge in [-0.1, -0.05) is 120 Å². The molecule has 0 amide bonds. The highest BCUT2D eigenvalue weighted by Gasteiger charge is 2.21. The number of nitrogen functional groups attached to an aromatic ring is 1. The van der Waals surface area contributed by atoms with Crippen molar-refractivity contribution in [2.75, 3.05) is 11.1 Å². The first-order valence-corrected chi connectivity index (χ1v) is 13.2. The van der Waals surface area contributed by atoms with Gasteiger partial charge in [-0.05, 0) is 61.2 Å². The third-order valence-corrected chi connectivity index (χ3v) is 7.35. The second-order valence-corrected chi connectivity index (χ2v) is 12.2. The maximum Gasteiger partial charge on any atom is 0.0430 e. The fourth-order valence-electron chi connectivity index (χ4n) is 5.11. The Balaban J connectivity index is 1.66. The Labute approximate surface area is 221 Å². The van der Waals surface area contributed by atoms with Gasteiger partial charge in [0.2, 0.25) is 0 Å². The normalized spacial score (nSPS) is 12.3. The van der Waals surface area contributed by atoms with E-state index < -0.39 is 0 Å². The minimum absolute atomic E-state index is 0.0848. The van der Waals surface area contributed by atoms with Gasteiger partial charge in [0.05, 0.1) is 0 Å². The Bertz CT molecular complexity index is 1560. The Hall–Kier alpha value is -3.78. The van der Waals surface area contributed by atoms with Gasteiger partial charge in [0.15, 0.2) is 0 Å². The van der Waals surface area contributed by atoms with Crippen molar-refractivity contribution in [1.82, 2.24) is 0 Å². The molecule has 2 nitrogen and oxygen atoms in total. The summed E-state index contributed by atoms with van der Waals surface area (Å²) in [4.78, 5) is 0. The van der Waals surface area contributed by atoms with E-state index in [2.05, 4.69) is 132 Å². The molecule has 0 spiro atoms. The van der Waals surface area contributed by atoms with Gasteiger partial charge in [-0.15, -0.1) is 0 Å². The molecule has 0 aromatic heterocycles. The maximum atomic E-state index is 6.69. The van der Waals surface area contributed by atoms with E-state index in [0.717, 1.165) is 29.0 Å². The topological polar surface area (TPSA) is 38.0 Å². The fourth-order valence-corrected chi connectivity index (χ4v) is 5.11. The van der Waals surface area contributed by atoms with Crippen molar-refractivity contribution >= 4 is 32.9 Å². The van der Waals surface area contributed by atoms with Crippen LogP contribution in [0, 0.1) is 0 Å². The molecule has 0 heterocycles. The van der Waals surface area contributed by atoms with Crippen molar-refractivity contribution in [3.8, 4) is 11.1 Å². The van der Waals surface area contributed by atoms with Crippen LogP contribution in [0.3, 0.4) is 0 Å². The Morgan fingerprint density at radius 1 is 0.595 bits per heavy atom. The molecular weight excluding hydrogens is 448 g/mol. The van der Waals surface area contributed by atoms with Gasteiger partial charge in [0, 0.05) is 29.0 Å². The number of nitrogens with two attached hydrogens (primary N) is 1. The third-order valence-electron chi connectivity index (χ3n) is 7.35. The zero-order valence-electron chi connectivity index (χ0n) is 22.9. The predicted molar refractivity (Wildman–Crippen MR) is 162 cm³/mol. The molecule has 3 N–H and O–H groups in total. The number of nitrogens with one attached hydrogen (secondary N) is 1. The van der Waals surface area contributed by atoms with E-state index in [4.69, 9.17) is 5.73 Å². The molecule has 0 radical (unpaired) electrons. The molecule has 5 aromatic rings. The Morgan fingerprint density at radius 2 is 1.11 bits per heavy atom. The zero-order chi connectivity index (χ0) is 26.4. The number of fused-ring (bicyclic) bond motifs is 2. The molecule has 0 aliphatic carbocycles. The van der Waals surface area contributed by atoms with Crippen LogP contribution in [0.1, 0.15) is 58.2 Å². The summed E-state index contributed by atoms with van der Waals surface area (Å²) >= 11 is 0. The molecule has 2 heteroatoms. The van der Waals surface area contributed by atoms with Gasteiger partial charge in [0.25, 0.3) is 0 Å². The average molecular weight is 487 g/mol. The second-order valence-electron chi connectivity index (χ2n) is 12.2. The summed E-state index contributed by atoms with van der Waals surface area (Å²) < 4.78 is 0. The van der Waals surface area contributed by atoms with E-state index in [0.29, 0.717) is 0 Å². The molecule has 0 aliphatic rings. The van der Waals surface area contributed by atoms with Crippen LogP contribution < -0.4 is 11.1 Å². The number of benzene rings is 5. The molecule has 188 valence electrons. The molecule has 0 bridgehead atoms. The predicted octanol–water partition coefficient (Wildman–Crippen LogP) is 9.45. The highest BCUT2D eigenvalue weighted by molar-refractivity contribution is 6.13. The van der Waals surface area contributed by atoms with Crippen molar-refractivity contribution in [1.29, 1.82) is 0 Å². The molecule has 0 unspecified atom stereocenters. The maximum absolute atomic E-state index is 6.69. The van der Waals surface area contributed by atoms with Crippen LogP contribution in [0.5, 0.6) is 0 Å². The van der Waals surface area contributed by atoms with Crippen LogP contribution in [0.2, 0.25) is 0 Å². The molecule has 5 aromatic carbocycles. The summed E-state index contributed by atoms with van der Waals surface area (Å²) in [6.45, 7) is 14.5. The van der Waals surface area contributed by atoms with Crippen LogP contribution in [-0.4, -0.2) is 0 Å². The van der Waals surface area contributed by atoms with E-state index in [1.54, 1.807) is 0 Å². The zero-order valence-corrected chi connectivity index (χ0v) is 22.9. The lowest BCUT2D eigenvalue weighted by molar-refractivity contribution is 0.567. The van der Waals surface area contributed by atoms with Gasteiger partial charge in [-0.2, -0.15) is 0 Å². The van der Waals surface area contributed by atoms with Gasteiger partial charge in [0.1, 0.15) is 0 Å². The minimum Gasteiger partial charge on any atom is -0.398 e. The molecule has 0 saturated carbocycles. The lowest BCUT2D eigenvalue weighted by Gasteiger charge is -2.26.